The Morgan fingerprint density at radius 1 is 1.03 bits per heavy atom. The predicted octanol–water partition coefficient (Wildman–Crippen LogP) is 4.63. The normalized spacial score (nSPS) is 11.6. The quantitative estimate of drug-likeness (QED) is 0.321. The fraction of sp³-hybridized carbons (Fsp3) is 0.409. The Labute approximate surface area is 190 Å². The maximum Gasteiger partial charge on any atom is 0.191 e. The number of methoxy groups -OCH3 is 1. The number of halogens is 2. The summed E-state index contributed by atoms with van der Waals surface area (Å²) in [5.74, 6) is 1.24. The van der Waals surface area contributed by atoms with Gasteiger partial charge in [0.1, 0.15) is 17.2 Å². The molecule has 0 fully saturated rings. The number of para-hydroxylation sites is 1. The van der Waals surface area contributed by atoms with E-state index in [9.17, 15) is 4.39 Å². The third kappa shape index (κ3) is 8.57. The van der Waals surface area contributed by atoms with Crippen LogP contribution in [0, 0.1) is 5.82 Å². The molecule has 0 unspecified atom stereocenters. The number of aliphatic imine (C=N–C) groups is 1. The highest BCUT2D eigenvalue weighted by molar-refractivity contribution is 14.0. The zero-order valence-electron chi connectivity index (χ0n) is 17.7. The van der Waals surface area contributed by atoms with Gasteiger partial charge in [0.05, 0.1) is 6.61 Å². The molecule has 160 valence electrons. The lowest BCUT2D eigenvalue weighted by molar-refractivity contribution is 0.129. The maximum absolute atomic E-state index is 13.7. The van der Waals surface area contributed by atoms with E-state index in [1.807, 2.05) is 45.0 Å². The summed E-state index contributed by atoms with van der Waals surface area (Å²) in [6, 6.07) is 12.9. The van der Waals surface area contributed by atoms with Gasteiger partial charge in [0.2, 0.25) is 0 Å². The number of hydrogen-bond acceptors (Lipinski definition) is 3. The summed E-state index contributed by atoms with van der Waals surface area (Å²) < 4.78 is 24.8. The van der Waals surface area contributed by atoms with Gasteiger partial charge in [-0.2, -0.15) is 0 Å². The standard InChI is InChI=1S/C22H30FN3O2.HI/c1-22(2,3)28-20-9-7-6-8-17(20)14-26-21(24-4)25-13-16-10-11-19(23)18(12-16)15-27-5;/h6-12H,13-15H2,1-5H3,(H2,24,25,26);1H. The number of guanidine groups is 1. The van der Waals surface area contributed by atoms with E-state index in [0.29, 0.717) is 24.6 Å². The van der Waals surface area contributed by atoms with E-state index < -0.39 is 0 Å². The number of rotatable bonds is 7. The van der Waals surface area contributed by atoms with Gasteiger partial charge in [-0.05, 0) is 44.5 Å². The van der Waals surface area contributed by atoms with E-state index in [0.717, 1.165) is 16.9 Å². The van der Waals surface area contributed by atoms with Crippen LogP contribution in [0.1, 0.15) is 37.5 Å². The van der Waals surface area contributed by atoms with Crippen LogP contribution in [0.3, 0.4) is 0 Å². The zero-order valence-corrected chi connectivity index (χ0v) is 20.0. The van der Waals surface area contributed by atoms with E-state index >= 15 is 0 Å². The molecule has 0 radical (unpaired) electrons. The van der Waals surface area contributed by atoms with Gasteiger partial charge < -0.3 is 20.1 Å². The largest absolute Gasteiger partial charge is 0.488 e. The first kappa shape index (κ1) is 25.2. The highest BCUT2D eigenvalue weighted by Crippen LogP contribution is 2.22. The summed E-state index contributed by atoms with van der Waals surface area (Å²) in [7, 11) is 3.27. The van der Waals surface area contributed by atoms with Crippen molar-refractivity contribution in [2.24, 2.45) is 4.99 Å². The van der Waals surface area contributed by atoms with Crippen molar-refractivity contribution < 1.29 is 13.9 Å². The molecule has 0 saturated heterocycles. The Kier molecular flexibility index (Phi) is 10.4. The smallest absolute Gasteiger partial charge is 0.191 e. The second-order valence-electron chi connectivity index (χ2n) is 7.46. The molecule has 7 heteroatoms. The third-order valence-corrected chi connectivity index (χ3v) is 3.93. The fourth-order valence-electron chi connectivity index (χ4n) is 2.67. The average Bonchev–Trinajstić information content (AvgIpc) is 2.64. The molecule has 5 nitrogen and oxygen atoms in total. The molecule has 0 amide bonds. The van der Waals surface area contributed by atoms with Gasteiger partial charge in [-0.1, -0.05) is 24.3 Å². The van der Waals surface area contributed by atoms with Crippen LogP contribution in [0.2, 0.25) is 0 Å². The molecular formula is C22H31FIN3O2. The lowest BCUT2D eigenvalue weighted by atomic mass is 10.1. The van der Waals surface area contributed by atoms with E-state index in [1.165, 1.54) is 6.07 Å². The van der Waals surface area contributed by atoms with Crippen molar-refractivity contribution in [3.05, 3.63) is 65.0 Å². The topological polar surface area (TPSA) is 54.9 Å². The Morgan fingerprint density at radius 3 is 2.38 bits per heavy atom. The minimum absolute atomic E-state index is 0. The second-order valence-corrected chi connectivity index (χ2v) is 7.46. The Hall–Kier alpha value is -1.87. The van der Waals surface area contributed by atoms with Crippen LogP contribution < -0.4 is 15.4 Å². The van der Waals surface area contributed by atoms with Crippen LogP contribution >= 0.6 is 24.0 Å². The second kappa shape index (κ2) is 12.0. The molecule has 0 aliphatic heterocycles. The zero-order chi connectivity index (χ0) is 20.6. The molecule has 0 saturated carbocycles. The van der Waals surface area contributed by atoms with Gasteiger partial charge in [-0.3, -0.25) is 4.99 Å². The van der Waals surface area contributed by atoms with Gasteiger partial charge >= 0.3 is 0 Å². The van der Waals surface area contributed by atoms with Crippen molar-refractivity contribution >= 4 is 29.9 Å². The summed E-state index contributed by atoms with van der Waals surface area (Å²) in [6.45, 7) is 7.42. The van der Waals surface area contributed by atoms with Crippen molar-refractivity contribution in [3.8, 4) is 5.75 Å². The Morgan fingerprint density at radius 2 is 1.72 bits per heavy atom. The number of benzene rings is 2. The highest BCUT2D eigenvalue weighted by atomic mass is 127. The molecule has 0 aliphatic rings. The molecule has 29 heavy (non-hydrogen) atoms. The lowest BCUT2D eigenvalue weighted by Crippen LogP contribution is -2.36. The SMILES string of the molecule is CN=C(NCc1ccc(F)c(COC)c1)NCc1ccccc1OC(C)(C)C.I. The Bertz CT molecular complexity index is 807. The van der Waals surface area contributed by atoms with E-state index in [4.69, 9.17) is 9.47 Å². The summed E-state index contributed by atoms with van der Waals surface area (Å²) >= 11 is 0. The summed E-state index contributed by atoms with van der Waals surface area (Å²) in [6.07, 6.45) is 0. The minimum Gasteiger partial charge on any atom is -0.488 e. The van der Waals surface area contributed by atoms with Crippen LogP contribution in [0.5, 0.6) is 5.75 Å². The van der Waals surface area contributed by atoms with Crippen molar-refractivity contribution in [3.63, 3.8) is 0 Å². The minimum atomic E-state index is -0.265. The van der Waals surface area contributed by atoms with Crippen molar-refractivity contribution in [1.29, 1.82) is 0 Å². The summed E-state index contributed by atoms with van der Waals surface area (Å²) in [5, 5.41) is 6.54. The summed E-state index contributed by atoms with van der Waals surface area (Å²) in [5.41, 5.74) is 2.27. The monoisotopic (exact) mass is 515 g/mol. The van der Waals surface area contributed by atoms with Gasteiger partial charge in [-0.15, -0.1) is 24.0 Å². The van der Waals surface area contributed by atoms with Gasteiger partial charge in [-0.25, -0.2) is 4.39 Å². The first-order chi connectivity index (χ1) is 13.3. The molecule has 2 aromatic carbocycles. The van der Waals surface area contributed by atoms with Crippen LogP contribution in [0.15, 0.2) is 47.5 Å². The molecule has 0 aromatic heterocycles. The number of ether oxygens (including phenoxy) is 2. The van der Waals surface area contributed by atoms with Crippen molar-refractivity contribution in [2.75, 3.05) is 14.2 Å². The predicted molar refractivity (Wildman–Crippen MR) is 126 cm³/mol. The number of nitrogens with zero attached hydrogens (tertiary/aromatic N) is 1. The molecule has 0 bridgehead atoms. The van der Waals surface area contributed by atoms with Gasteiger partial charge in [0.15, 0.2) is 5.96 Å². The molecule has 0 atom stereocenters. The first-order valence-corrected chi connectivity index (χ1v) is 9.30. The highest BCUT2D eigenvalue weighted by Gasteiger charge is 2.14. The maximum atomic E-state index is 13.7. The molecule has 2 rings (SSSR count). The first-order valence-electron chi connectivity index (χ1n) is 9.30. The molecule has 2 aromatic rings. The number of hydrogen-bond donors (Lipinski definition) is 2. The van der Waals surface area contributed by atoms with Crippen molar-refractivity contribution in [2.45, 2.75) is 46.1 Å². The van der Waals surface area contributed by atoms with Crippen LogP contribution in [0.4, 0.5) is 4.39 Å². The van der Waals surface area contributed by atoms with E-state index in [1.54, 1.807) is 26.3 Å². The van der Waals surface area contributed by atoms with E-state index in [2.05, 4.69) is 15.6 Å². The number of nitrogens with one attached hydrogen (secondary N) is 2. The average molecular weight is 515 g/mol. The van der Waals surface area contributed by atoms with E-state index in [-0.39, 0.29) is 42.0 Å². The molecule has 0 spiro atoms. The van der Waals surface area contributed by atoms with Gasteiger partial charge in [0.25, 0.3) is 0 Å². The van der Waals surface area contributed by atoms with Crippen LogP contribution in [-0.4, -0.2) is 25.7 Å². The molecule has 0 aliphatic carbocycles. The summed E-state index contributed by atoms with van der Waals surface area (Å²) in [4.78, 5) is 4.25. The van der Waals surface area contributed by atoms with Crippen LogP contribution in [-0.2, 0) is 24.4 Å². The molecule has 0 heterocycles. The third-order valence-electron chi connectivity index (χ3n) is 3.93. The van der Waals surface area contributed by atoms with Crippen LogP contribution in [0.25, 0.3) is 0 Å². The molecular weight excluding hydrogens is 484 g/mol. The van der Waals surface area contributed by atoms with Crippen molar-refractivity contribution in [1.82, 2.24) is 10.6 Å². The fourth-order valence-corrected chi connectivity index (χ4v) is 2.67. The molecule has 2 N–H and O–H groups in total. The lowest BCUT2D eigenvalue weighted by Gasteiger charge is -2.23. The van der Waals surface area contributed by atoms with Gasteiger partial charge in [0, 0.05) is 38.4 Å². The Balaban J connectivity index is 0.00000420.